The number of nitrogens with zero attached hydrogens (tertiary/aromatic N) is 2. The Labute approximate surface area is 194 Å². The van der Waals surface area contributed by atoms with Crippen LogP contribution in [0.4, 0.5) is 4.39 Å². The average molecular weight is 454 g/mol. The van der Waals surface area contributed by atoms with E-state index in [1.54, 1.807) is 36.4 Å². The molecule has 0 spiro atoms. The zero-order valence-electron chi connectivity index (χ0n) is 18.7. The Hall–Kier alpha value is -2.65. The monoisotopic (exact) mass is 453 g/mol. The Bertz CT molecular complexity index is 1050. The summed E-state index contributed by atoms with van der Waals surface area (Å²) < 4.78 is 13.1. The fraction of sp³-hybridized carbons (Fsp3) is 0.346. The van der Waals surface area contributed by atoms with Crippen LogP contribution in [0.3, 0.4) is 0 Å². The van der Waals surface area contributed by atoms with E-state index in [0.29, 0.717) is 11.6 Å². The molecule has 1 aliphatic heterocycles. The molecular weight excluding hydrogens is 425 g/mol. The molecule has 1 atom stereocenters. The molecule has 168 valence electrons. The number of amides is 1. The van der Waals surface area contributed by atoms with Gasteiger partial charge in [-0.3, -0.25) is 9.69 Å². The van der Waals surface area contributed by atoms with Crippen molar-refractivity contribution in [3.8, 4) is 11.8 Å². The molecule has 32 heavy (non-hydrogen) atoms. The fourth-order valence-corrected chi connectivity index (χ4v) is 3.79. The third-order valence-electron chi connectivity index (χ3n) is 5.25. The molecule has 0 bridgehead atoms. The fourth-order valence-electron chi connectivity index (χ4n) is 3.62. The van der Waals surface area contributed by atoms with Gasteiger partial charge in [-0.2, -0.15) is 0 Å². The summed E-state index contributed by atoms with van der Waals surface area (Å²) in [6.45, 7) is 8.63. The summed E-state index contributed by atoms with van der Waals surface area (Å²) in [5, 5.41) is 0.582. The first-order valence-electron chi connectivity index (χ1n) is 10.7. The molecule has 6 heteroatoms. The highest BCUT2D eigenvalue weighted by Gasteiger charge is 2.26. The number of rotatable bonds is 4. The van der Waals surface area contributed by atoms with Gasteiger partial charge in [0.15, 0.2) is 0 Å². The van der Waals surface area contributed by atoms with Crippen LogP contribution in [0.25, 0.3) is 6.08 Å². The number of halogens is 2. The lowest BCUT2D eigenvalue weighted by atomic mass is 10.0. The summed E-state index contributed by atoms with van der Waals surface area (Å²) >= 11 is 6.13. The van der Waals surface area contributed by atoms with Gasteiger partial charge in [0.25, 0.3) is 0 Å². The molecule has 1 fully saturated rings. The Morgan fingerprint density at radius 1 is 1.25 bits per heavy atom. The number of hydrogen-bond donors (Lipinski definition) is 1. The molecule has 1 heterocycles. The van der Waals surface area contributed by atoms with Gasteiger partial charge in [0.1, 0.15) is 5.82 Å². The second-order valence-corrected chi connectivity index (χ2v) is 9.22. The summed E-state index contributed by atoms with van der Waals surface area (Å²) in [6, 6.07) is 12.0. The predicted octanol–water partition coefficient (Wildman–Crippen LogP) is 4.31. The molecule has 4 nitrogen and oxygen atoms in total. The van der Waals surface area contributed by atoms with Gasteiger partial charge >= 0.3 is 0 Å². The molecular formula is C26H29ClFN3O. The minimum absolute atomic E-state index is 0.0352. The van der Waals surface area contributed by atoms with E-state index in [1.807, 2.05) is 31.7 Å². The maximum Gasteiger partial charge on any atom is 0.246 e. The van der Waals surface area contributed by atoms with Crippen LogP contribution in [0.5, 0.6) is 0 Å². The molecule has 2 aromatic rings. The summed E-state index contributed by atoms with van der Waals surface area (Å²) in [6.07, 6.45) is 3.37. The second-order valence-electron chi connectivity index (χ2n) is 8.78. The van der Waals surface area contributed by atoms with E-state index in [0.717, 1.165) is 36.3 Å². The smallest absolute Gasteiger partial charge is 0.246 e. The lowest BCUT2D eigenvalue weighted by molar-refractivity contribution is -0.130. The van der Waals surface area contributed by atoms with Crippen molar-refractivity contribution in [2.75, 3.05) is 19.6 Å². The quantitative estimate of drug-likeness (QED) is 0.554. The minimum atomic E-state index is -0.623. The second kappa shape index (κ2) is 10.3. The first-order chi connectivity index (χ1) is 15.1. The van der Waals surface area contributed by atoms with Crippen LogP contribution in [0.1, 0.15) is 37.5 Å². The third kappa shape index (κ3) is 6.93. The van der Waals surface area contributed by atoms with Gasteiger partial charge in [0.2, 0.25) is 5.91 Å². The van der Waals surface area contributed by atoms with E-state index in [4.69, 9.17) is 17.3 Å². The number of carbonyl (C=O) groups excluding carboxylic acids is 1. The molecule has 1 aliphatic rings. The number of hydrogen-bond acceptors (Lipinski definition) is 3. The molecule has 1 saturated heterocycles. The third-order valence-corrected chi connectivity index (χ3v) is 5.49. The predicted molar refractivity (Wildman–Crippen MR) is 128 cm³/mol. The number of benzene rings is 2. The summed E-state index contributed by atoms with van der Waals surface area (Å²) in [7, 11) is 0. The SMILES string of the molecule is C[C@@H]1CN(Cc2ccc(F)cc2)CCN1C(=O)/C=C/c1ccc(Cl)cc1C#CC(C)(C)N. The van der Waals surface area contributed by atoms with E-state index in [-0.39, 0.29) is 17.8 Å². The molecule has 0 radical (unpaired) electrons. The van der Waals surface area contributed by atoms with E-state index in [9.17, 15) is 9.18 Å². The average Bonchev–Trinajstić information content (AvgIpc) is 2.72. The maximum absolute atomic E-state index is 13.1. The molecule has 2 aromatic carbocycles. The number of piperazine rings is 1. The highest BCUT2D eigenvalue weighted by Crippen LogP contribution is 2.18. The highest BCUT2D eigenvalue weighted by molar-refractivity contribution is 6.30. The van der Waals surface area contributed by atoms with Crippen LogP contribution in [0.15, 0.2) is 48.5 Å². The minimum Gasteiger partial charge on any atom is -0.334 e. The van der Waals surface area contributed by atoms with Crippen LogP contribution < -0.4 is 5.73 Å². The van der Waals surface area contributed by atoms with Crippen LogP contribution in [0.2, 0.25) is 5.02 Å². The van der Waals surface area contributed by atoms with Crippen molar-refractivity contribution in [2.45, 2.75) is 38.9 Å². The largest absolute Gasteiger partial charge is 0.334 e. The van der Waals surface area contributed by atoms with Crippen molar-refractivity contribution in [2.24, 2.45) is 5.73 Å². The van der Waals surface area contributed by atoms with E-state index >= 15 is 0 Å². The summed E-state index contributed by atoms with van der Waals surface area (Å²) in [4.78, 5) is 17.0. The molecule has 0 aromatic heterocycles. The lowest BCUT2D eigenvalue weighted by Crippen LogP contribution is -2.53. The Morgan fingerprint density at radius 2 is 1.97 bits per heavy atom. The lowest BCUT2D eigenvalue weighted by Gasteiger charge is -2.39. The van der Waals surface area contributed by atoms with Crippen LogP contribution in [-0.4, -0.2) is 46.9 Å². The van der Waals surface area contributed by atoms with Crippen molar-refractivity contribution in [1.29, 1.82) is 0 Å². The van der Waals surface area contributed by atoms with Gasteiger partial charge in [-0.05, 0) is 62.2 Å². The van der Waals surface area contributed by atoms with Crippen molar-refractivity contribution in [3.05, 3.63) is 76.1 Å². The van der Waals surface area contributed by atoms with Gasteiger partial charge in [-0.15, -0.1) is 0 Å². The molecule has 3 rings (SSSR count). The Balaban J connectivity index is 1.65. The first-order valence-corrected chi connectivity index (χ1v) is 11.1. The molecule has 0 unspecified atom stereocenters. The molecule has 1 amide bonds. The molecule has 0 saturated carbocycles. The van der Waals surface area contributed by atoms with E-state index in [2.05, 4.69) is 16.7 Å². The van der Waals surface area contributed by atoms with Gasteiger partial charge in [-0.25, -0.2) is 4.39 Å². The number of carbonyl (C=O) groups is 1. The standard InChI is InChI=1S/C26H29ClFN3O/c1-19-17-30(18-20-4-9-24(28)10-5-20)14-15-31(19)25(32)11-7-21-6-8-23(27)16-22(21)12-13-26(2,3)29/h4-11,16,19H,14-15,17-18,29H2,1-3H3/b11-7+/t19-/m1/s1. The summed E-state index contributed by atoms with van der Waals surface area (Å²) in [5.74, 6) is 5.81. The van der Waals surface area contributed by atoms with Crippen molar-refractivity contribution in [3.63, 3.8) is 0 Å². The first kappa shape index (κ1) is 24.0. The summed E-state index contributed by atoms with van der Waals surface area (Å²) in [5.41, 5.74) is 7.96. The van der Waals surface area contributed by atoms with Crippen LogP contribution >= 0.6 is 11.6 Å². The topological polar surface area (TPSA) is 49.6 Å². The van der Waals surface area contributed by atoms with Crippen LogP contribution in [-0.2, 0) is 11.3 Å². The van der Waals surface area contributed by atoms with Gasteiger partial charge in [0.05, 0.1) is 5.54 Å². The molecule has 0 aliphatic carbocycles. The zero-order chi connectivity index (χ0) is 23.3. The van der Waals surface area contributed by atoms with Gasteiger partial charge in [0, 0.05) is 48.9 Å². The van der Waals surface area contributed by atoms with Crippen LogP contribution in [0, 0.1) is 17.7 Å². The van der Waals surface area contributed by atoms with E-state index < -0.39 is 5.54 Å². The highest BCUT2D eigenvalue weighted by atomic mass is 35.5. The normalized spacial score (nSPS) is 17.3. The van der Waals surface area contributed by atoms with Gasteiger partial charge < -0.3 is 10.6 Å². The molecule has 2 N–H and O–H groups in total. The Kier molecular flexibility index (Phi) is 7.73. The van der Waals surface area contributed by atoms with Crippen molar-refractivity contribution >= 4 is 23.6 Å². The van der Waals surface area contributed by atoms with E-state index in [1.165, 1.54) is 12.1 Å². The number of nitrogens with two attached hydrogens (primary N) is 1. The van der Waals surface area contributed by atoms with Crippen molar-refractivity contribution in [1.82, 2.24) is 9.80 Å². The Morgan fingerprint density at radius 3 is 2.62 bits per heavy atom. The zero-order valence-corrected chi connectivity index (χ0v) is 19.5. The maximum atomic E-state index is 13.1. The van der Waals surface area contributed by atoms with Crippen molar-refractivity contribution < 1.29 is 9.18 Å². The van der Waals surface area contributed by atoms with Gasteiger partial charge in [-0.1, -0.05) is 41.6 Å².